The Labute approximate surface area is 111 Å². The van der Waals surface area contributed by atoms with Crippen LogP contribution < -0.4 is 5.32 Å². The molecule has 1 unspecified atom stereocenters. The summed E-state index contributed by atoms with van der Waals surface area (Å²) in [4.78, 5) is 11.9. The standard InChI is InChI=1S/C13H18N4O2/c1-9(8-17-6-4-5-14-17)15-13(18)7-12-10(2)16-19-11(12)3/h4-6,9H,7-8H2,1-3H3,(H,15,18). The van der Waals surface area contributed by atoms with Crippen LogP contribution in [0.2, 0.25) is 0 Å². The molecule has 0 aliphatic rings. The Balaban J connectivity index is 1.87. The molecule has 0 aliphatic carbocycles. The Morgan fingerprint density at radius 2 is 2.32 bits per heavy atom. The lowest BCUT2D eigenvalue weighted by molar-refractivity contribution is -0.121. The summed E-state index contributed by atoms with van der Waals surface area (Å²) >= 11 is 0. The number of carbonyl (C=O) groups excluding carboxylic acids is 1. The summed E-state index contributed by atoms with van der Waals surface area (Å²) < 4.78 is 6.83. The fourth-order valence-electron chi connectivity index (χ4n) is 1.98. The second kappa shape index (κ2) is 5.69. The minimum atomic E-state index is -0.0333. The van der Waals surface area contributed by atoms with Crippen LogP contribution in [0.4, 0.5) is 0 Å². The van der Waals surface area contributed by atoms with Gasteiger partial charge in [-0.1, -0.05) is 5.16 Å². The Morgan fingerprint density at radius 3 is 2.89 bits per heavy atom. The first-order chi connectivity index (χ1) is 9.06. The van der Waals surface area contributed by atoms with Crippen LogP contribution in [0.1, 0.15) is 23.9 Å². The van der Waals surface area contributed by atoms with Crippen LogP contribution >= 0.6 is 0 Å². The van der Waals surface area contributed by atoms with Gasteiger partial charge < -0.3 is 9.84 Å². The molecule has 0 saturated heterocycles. The summed E-state index contributed by atoms with van der Waals surface area (Å²) in [5.74, 6) is 0.668. The highest BCUT2D eigenvalue weighted by Gasteiger charge is 2.15. The van der Waals surface area contributed by atoms with Gasteiger partial charge in [-0.25, -0.2) is 0 Å². The number of nitrogens with one attached hydrogen (secondary N) is 1. The van der Waals surface area contributed by atoms with E-state index in [1.165, 1.54) is 0 Å². The summed E-state index contributed by atoms with van der Waals surface area (Å²) in [5.41, 5.74) is 1.64. The van der Waals surface area contributed by atoms with Gasteiger partial charge in [-0.3, -0.25) is 9.48 Å². The predicted molar refractivity (Wildman–Crippen MR) is 69.5 cm³/mol. The molecule has 1 atom stereocenters. The average molecular weight is 262 g/mol. The van der Waals surface area contributed by atoms with Crippen molar-refractivity contribution in [2.75, 3.05) is 0 Å². The van der Waals surface area contributed by atoms with Crippen LogP contribution in [0, 0.1) is 13.8 Å². The van der Waals surface area contributed by atoms with Crippen molar-refractivity contribution < 1.29 is 9.32 Å². The van der Waals surface area contributed by atoms with Crippen LogP contribution in [0.3, 0.4) is 0 Å². The first-order valence-corrected chi connectivity index (χ1v) is 6.25. The molecule has 2 aromatic rings. The molecule has 2 rings (SSSR count). The largest absolute Gasteiger partial charge is 0.361 e. The van der Waals surface area contributed by atoms with Gasteiger partial charge in [0.05, 0.1) is 18.7 Å². The van der Waals surface area contributed by atoms with Crippen molar-refractivity contribution in [2.24, 2.45) is 0 Å². The van der Waals surface area contributed by atoms with E-state index in [-0.39, 0.29) is 11.9 Å². The van der Waals surface area contributed by atoms with Crippen LogP contribution in [-0.2, 0) is 17.8 Å². The highest BCUT2D eigenvalue weighted by atomic mass is 16.5. The minimum Gasteiger partial charge on any atom is -0.361 e. The summed E-state index contributed by atoms with van der Waals surface area (Å²) in [7, 11) is 0. The fraction of sp³-hybridized carbons (Fsp3) is 0.462. The third-order valence-corrected chi connectivity index (χ3v) is 2.95. The first kappa shape index (κ1) is 13.3. The molecular weight excluding hydrogens is 244 g/mol. The van der Waals surface area contributed by atoms with Gasteiger partial charge in [0, 0.05) is 24.0 Å². The SMILES string of the molecule is Cc1noc(C)c1CC(=O)NC(C)Cn1cccn1. The van der Waals surface area contributed by atoms with Gasteiger partial charge in [0.15, 0.2) is 0 Å². The maximum Gasteiger partial charge on any atom is 0.224 e. The van der Waals surface area contributed by atoms with Crippen molar-refractivity contribution in [2.45, 2.75) is 39.8 Å². The van der Waals surface area contributed by atoms with Crippen LogP contribution in [0.15, 0.2) is 23.0 Å². The summed E-state index contributed by atoms with van der Waals surface area (Å²) in [6, 6.07) is 1.88. The zero-order valence-electron chi connectivity index (χ0n) is 11.4. The Hall–Kier alpha value is -2.11. The van der Waals surface area contributed by atoms with Crippen molar-refractivity contribution >= 4 is 5.91 Å². The lowest BCUT2D eigenvalue weighted by atomic mass is 10.1. The highest BCUT2D eigenvalue weighted by molar-refractivity contribution is 5.79. The predicted octanol–water partition coefficient (Wildman–Crippen LogP) is 1.24. The Morgan fingerprint density at radius 1 is 1.53 bits per heavy atom. The number of nitrogens with zero attached hydrogens (tertiary/aromatic N) is 3. The van der Waals surface area contributed by atoms with Gasteiger partial charge in [0.2, 0.25) is 5.91 Å². The third-order valence-electron chi connectivity index (χ3n) is 2.95. The monoisotopic (exact) mass is 262 g/mol. The maximum atomic E-state index is 11.9. The van der Waals surface area contributed by atoms with E-state index >= 15 is 0 Å². The van der Waals surface area contributed by atoms with E-state index in [4.69, 9.17) is 4.52 Å². The molecule has 0 radical (unpaired) electrons. The third kappa shape index (κ3) is 3.43. The fourth-order valence-corrected chi connectivity index (χ4v) is 1.98. The second-order valence-corrected chi connectivity index (χ2v) is 4.68. The van der Waals surface area contributed by atoms with Crippen LogP contribution in [0.5, 0.6) is 0 Å². The molecule has 2 aromatic heterocycles. The molecule has 0 aliphatic heterocycles. The number of aryl methyl sites for hydroxylation is 2. The molecule has 6 nitrogen and oxygen atoms in total. The molecule has 1 amide bonds. The van der Waals surface area contributed by atoms with E-state index in [0.29, 0.717) is 18.7 Å². The molecule has 102 valence electrons. The van der Waals surface area contributed by atoms with Crippen molar-refractivity contribution in [3.8, 4) is 0 Å². The Bertz CT molecular complexity index is 525. The zero-order valence-corrected chi connectivity index (χ0v) is 11.4. The average Bonchev–Trinajstić information content (AvgIpc) is 2.94. The molecule has 6 heteroatoms. The van der Waals surface area contributed by atoms with Crippen LogP contribution in [-0.4, -0.2) is 26.9 Å². The second-order valence-electron chi connectivity index (χ2n) is 4.68. The molecule has 0 fully saturated rings. The number of hydrogen-bond acceptors (Lipinski definition) is 4. The molecule has 0 saturated carbocycles. The zero-order chi connectivity index (χ0) is 13.8. The summed E-state index contributed by atoms with van der Waals surface area (Å²) in [5, 5.41) is 10.9. The Kier molecular flexibility index (Phi) is 3.99. The number of carbonyl (C=O) groups is 1. The van der Waals surface area contributed by atoms with E-state index in [2.05, 4.69) is 15.6 Å². The van der Waals surface area contributed by atoms with E-state index in [1.807, 2.05) is 33.0 Å². The highest BCUT2D eigenvalue weighted by Crippen LogP contribution is 2.12. The van der Waals surface area contributed by atoms with Crippen molar-refractivity contribution in [3.63, 3.8) is 0 Å². The topological polar surface area (TPSA) is 73.0 Å². The van der Waals surface area contributed by atoms with Crippen molar-refractivity contribution in [1.29, 1.82) is 0 Å². The number of amides is 1. The number of aromatic nitrogens is 3. The van der Waals surface area contributed by atoms with Crippen LogP contribution in [0.25, 0.3) is 0 Å². The first-order valence-electron chi connectivity index (χ1n) is 6.25. The van der Waals surface area contributed by atoms with E-state index in [9.17, 15) is 4.79 Å². The van der Waals surface area contributed by atoms with E-state index in [1.54, 1.807) is 10.9 Å². The minimum absolute atomic E-state index is 0.0212. The molecule has 0 aromatic carbocycles. The molecule has 2 heterocycles. The van der Waals surface area contributed by atoms with Gasteiger partial charge in [-0.2, -0.15) is 5.10 Å². The normalized spacial score (nSPS) is 12.4. The molecular formula is C13H18N4O2. The number of hydrogen-bond donors (Lipinski definition) is 1. The van der Waals surface area contributed by atoms with Gasteiger partial charge in [0.25, 0.3) is 0 Å². The molecule has 0 bridgehead atoms. The molecule has 19 heavy (non-hydrogen) atoms. The molecule has 1 N–H and O–H groups in total. The van der Waals surface area contributed by atoms with Gasteiger partial charge in [0.1, 0.15) is 5.76 Å². The quantitative estimate of drug-likeness (QED) is 0.879. The van der Waals surface area contributed by atoms with Crippen molar-refractivity contribution in [1.82, 2.24) is 20.3 Å². The van der Waals surface area contributed by atoms with E-state index in [0.717, 1.165) is 11.3 Å². The summed E-state index contributed by atoms with van der Waals surface area (Å²) in [6.07, 6.45) is 3.89. The van der Waals surface area contributed by atoms with Gasteiger partial charge in [-0.15, -0.1) is 0 Å². The molecule has 0 spiro atoms. The number of rotatable bonds is 5. The lowest BCUT2D eigenvalue weighted by Crippen LogP contribution is -2.36. The van der Waals surface area contributed by atoms with Gasteiger partial charge >= 0.3 is 0 Å². The van der Waals surface area contributed by atoms with Gasteiger partial charge in [-0.05, 0) is 26.8 Å². The lowest BCUT2D eigenvalue weighted by Gasteiger charge is -2.13. The smallest absolute Gasteiger partial charge is 0.224 e. The maximum absolute atomic E-state index is 11.9. The van der Waals surface area contributed by atoms with Crippen molar-refractivity contribution in [3.05, 3.63) is 35.5 Å². The van der Waals surface area contributed by atoms with E-state index < -0.39 is 0 Å². The summed E-state index contributed by atoms with van der Waals surface area (Å²) in [6.45, 7) is 6.26.